The summed E-state index contributed by atoms with van der Waals surface area (Å²) in [5.74, 6) is -0.229. The molecular weight excluding hydrogens is 358 g/mol. The zero-order valence-corrected chi connectivity index (χ0v) is 13.6. The lowest BCUT2D eigenvalue weighted by molar-refractivity contribution is 0.0696. The standard InChI is InChI=1S/C15H13BrClNO3/c1-2-3-11-6-9(15(19)20)7-14(18-11)21-13-5-4-10(17)8-12(13)16/h4-8H,2-3H2,1H3,(H,19,20). The quantitative estimate of drug-likeness (QED) is 0.810. The lowest BCUT2D eigenvalue weighted by atomic mass is 10.1. The predicted octanol–water partition coefficient (Wildman–Crippen LogP) is 4.94. The number of ether oxygens (including phenoxy) is 1. The van der Waals surface area contributed by atoms with E-state index in [4.69, 9.17) is 21.4 Å². The Kier molecular flexibility index (Phi) is 5.20. The van der Waals surface area contributed by atoms with Crippen LogP contribution in [0.15, 0.2) is 34.8 Å². The number of aromatic nitrogens is 1. The van der Waals surface area contributed by atoms with Crippen LogP contribution in [0.1, 0.15) is 29.4 Å². The lowest BCUT2D eigenvalue weighted by Crippen LogP contribution is -2.02. The Morgan fingerprint density at radius 1 is 1.38 bits per heavy atom. The molecule has 1 aromatic carbocycles. The van der Waals surface area contributed by atoms with Gasteiger partial charge in [-0.15, -0.1) is 0 Å². The van der Waals surface area contributed by atoms with E-state index in [-0.39, 0.29) is 11.4 Å². The van der Waals surface area contributed by atoms with Crippen molar-refractivity contribution < 1.29 is 14.6 Å². The van der Waals surface area contributed by atoms with Gasteiger partial charge in [0.1, 0.15) is 5.75 Å². The molecule has 0 saturated carbocycles. The van der Waals surface area contributed by atoms with E-state index in [9.17, 15) is 4.79 Å². The van der Waals surface area contributed by atoms with Crippen molar-refractivity contribution in [3.63, 3.8) is 0 Å². The molecule has 2 aromatic rings. The monoisotopic (exact) mass is 369 g/mol. The van der Waals surface area contributed by atoms with Gasteiger partial charge in [-0.3, -0.25) is 0 Å². The van der Waals surface area contributed by atoms with Crippen LogP contribution in [0.3, 0.4) is 0 Å². The van der Waals surface area contributed by atoms with E-state index in [0.29, 0.717) is 27.4 Å². The number of nitrogens with zero attached hydrogens (tertiary/aromatic N) is 1. The third-order valence-corrected chi connectivity index (χ3v) is 3.57. The first-order valence-corrected chi connectivity index (χ1v) is 7.54. The van der Waals surface area contributed by atoms with Crippen molar-refractivity contribution in [2.24, 2.45) is 0 Å². The van der Waals surface area contributed by atoms with Gasteiger partial charge in [0.05, 0.1) is 10.0 Å². The van der Waals surface area contributed by atoms with E-state index in [0.717, 1.165) is 6.42 Å². The SMILES string of the molecule is CCCc1cc(C(=O)O)cc(Oc2ccc(Cl)cc2Br)n1. The molecule has 0 fully saturated rings. The van der Waals surface area contributed by atoms with Gasteiger partial charge in [0.2, 0.25) is 5.88 Å². The van der Waals surface area contributed by atoms with Gasteiger partial charge in [-0.2, -0.15) is 0 Å². The topological polar surface area (TPSA) is 59.4 Å². The van der Waals surface area contributed by atoms with Gasteiger partial charge < -0.3 is 9.84 Å². The fourth-order valence-corrected chi connectivity index (χ4v) is 2.55. The zero-order chi connectivity index (χ0) is 15.4. The summed E-state index contributed by atoms with van der Waals surface area (Å²) >= 11 is 9.22. The first kappa shape index (κ1) is 15.8. The van der Waals surface area contributed by atoms with Crippen LogP contribution in [0, 0.1) is 0 Å². The maximum absolute atomic E-state index is 11.2. The minimum absolute atomic E-state index is 0.161. The molecular formula is C15H13BrClNO3. The van der Waals surface area contributed by atoms with E-state index >= 15 is 0 Å². The third-order valence-electron chi connectivity index (χ3n) is 2.72. The van der Waals surface area contributed by atoms with Crippen LogP contribution in [0.2, 0.25) is 5.02 Å². The van der Waals surface area contributed by atoms with E-state index in [1.807, 2.05) is 6.92 Å². The first-order chi connectivity index (χ1) is 9.99. The fourth-order valence-electron chi connectivity index (χ4n) is 1.79. The second kappa shape index (κ2) is 6.91. The highest BCUT2D eigenvalue weighted by molar-refractivity contribution is 9.10. The second-order valence-corrected chi connectivity index (χ2v) is 5.71. The summed E-state index contributed by atoms with van der Waals surface area (Å²) in [6.07, 6.45) is 1.57. The summed E-state index contributed by atoms with van der Waals surface area (Å²) < 4.78 is 6.34. The highest BCUT2D eigenvalue weighted by Crippen LogP contribution is 2.31. The molecule has 0 spiro atoms. The molecule has 2 rings (SSSR count). The van der Waals surface area contributed by atoms with Crippen LogP contribution in [0.4, 0.5) is 0 Å². The predicted molar refractivity (Wildman–Crippen MR) is 84.4 cm³/mol. The number of hydrogen-bond donors (Lipinski definition) is 1. The molecule has 1 heterocycles. The Labute approximate surface area is 135 Å². The Bertz CT molecular complexity index is 676. The summed E-state index contributed by atoms with van der Waals surface area (Å²) in [5.41, 5.74) is 0.853. The number of carboxylic acids is 1. The summed E-state index contributed by atoms with van der Waals surface area (Å²) in [6.45, 7) is 2.01. The molecule has 110 valence electrons. The molecule has 6 heteroatoms. The van der Waals surface area contributed by atoms with Gasteiger partial charge in [-0.05, 0) is 46.6 Å². The first-order valence-electron chi connectivity index (χ1n) is 6.36. The van der Waals surface area contributed by atoms with Crippen molar-refractivity contribution in [2.75, 3.05) is 0 Å². The molecule has 0 aliphatic rings. The largest absolute Gasteiger partial charge is 0.478 e. The highest BCUT2D eigenvalue weighted by Gasteiger charge is 2.11. The van der Waals surface area contributed by atoms with Crippen molar-refractivity contribution in [2.45, 2.75) is 19.8 Å². The van der Waals surface area contributed by atoms with Crippen LogP contribution >= 0.6 is 27.5 Å². The molecule has 1 N–H and O–H groups in total. The minimum atomic E-state index is -1.00. The minimum Gasteiger partial charge on any atom is -0.478 e. The maximum atomic E-state index is 11.2. The van der Waals surface area contributed by atoms with Crippen LogP contribution in [0.5, 0.6) is 11.6 Å². The molecule has 0 amide bonds. The summed E-state index contributed by atoms with van der Waals surface area (Å²) in [4.78, 5) is 15.5. The zero-order valence-electron chi connectivity index (χ0n) is 11.3. The number of carboxylic acid groups (broad SMARTS) is 1. The molecule has 0 radical (unpaired) electrons. The average Bonchev–Trinajstić information content (AvgIpc) is 2.42. The number of halogens is 2. The second-order valence-electron chi connectivity index (χ2n) is 4.42. The van der Waals surface area contributed by atoms with Crippen LogP contribution in [0.25, 0.3) is 0 Å². The Morgan fingerprint density at radius 3 is 2.76 bits per heavy atom. The third kappa shape index (κ3) is 4.19. The van der Waals surface area contributed by atoms with Crippen molar-refractivity contribution >= 4 is 33.5 Å². The number of aromatic carboxylic acids is 1. The summed E-state index contributed by atoms with van der Waals surface area (Å²) in [6, 6.07) is 8.06. The van der Waals surface area contributed by atoms with E-state index in [1.165, 1.54) is 6.07 Å². The van der Waals surface area contributed by atoms with Crippen molar-refractivity contribution in [3.8, 4) is 11.6 Å². The van der Waals surface area contributed by atoms with Gasteiger partial charge in [-0.25, -0.2) is 9.78 Å². The maximum Gasteiger partial charge on any atom is 0.335 e. The molecule has 21 heavy (non-hydrogen) atoms. The van der Waals surface area contributed by atoms with Gasteiger partial charge in [0, 0.05) is 16.8 Å². The lowest BCUT2D eigenvalue weighted by Gasteiger charge is -2.09. The van der Waals surface area contributed by atoms with Gasteiger partial charge >= 0.3 is 5.97 Å². The molecule has 4 nitrogen and oxygen atoms in total. The van der Waals surface area contributed by atoms with E-state index in [2.05, 4.69) is 20.9 Å². The molecule has 0 aliphatic heterocycles. The van der Waals surface area contributed by atoms with Crippen LogP contribution in [-0.4, -0.2) is 16.1 Å². The van der Waals surface area contributed by atoms with E-state index in [1.54, 1.807) is 24.3 Å². The van der Waals surface area contributed by atoms with Crippen molar-refractivity contribution in [1.82, 2.24) is 4.98 Å². The molecule has 0 bridgehead atoms. The van der Waals surface area contributed by atoms with Crippen molar-refractivity contribution in [3.05, 3.63) is 51.1 Å². The number of rotatable bonds is 5. The Morgan fingerprint density at radius 2 is 2.14 bits per heavy atom. The molecule has 0 atom stereocenters. The molecule has 0 unspecified atom stereocenters. The summed E-state index contributed by atoms with van der Waals surface area (Å²) in [5, 5.41) is 9.73. The number of benzene rings is 1. The van der Waals surface area contributed by atoms with Crippen LogP contribution in [-0.2, 0) is 6.42 Å². The number of carbonyl (C=O) groups is 1. The smallest absolute Gasteiger partial charge is 0.335 e. The average molecular weight is 371 g/mol. The molecule has 0 aliphatic carbocycles. The van der Waals surface area contributed by atoms with E-state index < -0.39 is 5.97 Å². The van der Waals surface area contributed by atoms with Crippen LogP contribution < -0.4 is 4.74 Å². The number of aryl methyl sites for hydroxylation is 1. The Hall–Kier alpha value is -1.59. The molecule has 0 saturated heterocycles. The molecule has 1 aromatic heterocycles. The number of hydrogen-bond acceptors (Lipinski definition) is 3. The fraction of sp³-hybridized carbons (Fsp3) is 0.200. The van der Waals surface area contributed by atoms with Gasteiger partial charge in [-0.1, -0.05) is 24.9 Å². The highest BCUT2D eigenvalue weighted by atomic mass is 79.9. The van der Waals surface area contributed by atoms with Gasteiger partial charge in [0.15, 0.2) is 0 Å². The Balaban J connectivity index is 2.36. The number of pyridine rings is 1. The van der Waals surface area contributed by atoms with Crippen molar-refractivity contribution in [1.29, 1.82) is 0 Å². The summed E-state index contributed by atoms with van der Waals surface area (Å²) in [7, 11) is 0. The van der Waals surface area contributed by atoms with Gasteiger partial charge in [0.25, 0.3) is 0 Å². The normalized spacial score (nSPS) is 10.4.